The summed E-state index contributed by atoms with van der Waals surface area (Å²) in [6.07, 6.45) is 3.59. The van der Waals surface area contributed by atoms with Gasteiger partial charge in [-0.25, -0.2) is 8.42 Å². The average Bonchev–Trinajstić information content (AvgIpc) is 3.31. The summed E-state index contributed by atoms with van der Waals surface area (Å²) >= 11 is 0. The van der Waals surface area contributed by atoms with Crippen LogP contribution in [0.3, 0.4) is 0 Å². The molecule has 3 fully saturated rings. The van der Waals surface area contributed by atoms with E-state index in [-0.39, 0.29) is 41.7 Å². The van der Waals surface area contributed by atoms with Gasteiger partial charge in [-0.2, -0.15) is 9.40 Å². The number of halogens is 1. The number of rotatable bonds is 3. The maximum absolute atomic E-state index is 13.1. The van der Waals surface area contributed by atoms with E-state index < -0.39 is 10.0 Å². The Balaban J connectivity index is 0.00000225. The second kappa shape index (κ2) is 7.93. The molecule has 0 aromatic carbocycles. The Kier molecular flexibility index (Phi) is 6.10. The SMILES string of the molecule is Cc1n[nH]c(C)c1S(=O)(=O)N1CCCC(C(=O)N2CC3CCC(N)C3C2)C1.Cl. The van der Waals surface area contributed by atoms with Gasteiger partial charge in [0.25, 0.3) is 0 Å². The van der Waals surface area contributed by atoms with E-state index >= 15 is 0 Å². The average molecular weight is 432 g/mol. The Morgan fingerprint density at radius 2 is 1.93 bits per heavy atom. The number of H-pyrrole nitrogens is 1. The molecule has 8 nitrogen and oxygen atoms in total. The maximum atomic E-state index is 13.1. The van der Waals surface area contributed by atoms with Crippen LogP contribution in [0.5, 0.6) is 0 Å². The van der Waals surface area contributed by atoms with Crippen molar-refractivity contribution in [2.45, 2.75) is 50.5 Å². The standard InChI is InChI=1S/C18H29N5O3S.ClH/c1-11-17(12(2)21-20-11)27(25,26)23-7-3-4-14(9-23)18(24)22-8-13-5-6-16(19)15(13)10-22;/h13-16H,3-10,19H2,1-2H3,(H,20,21);1H. The minimum Gasteiger partial charge on any atom is -0.342 e. The first kappa shape index (κ1) is 21.5. The second-order valence-electron chi connectivity index (χ2n) is 8.37. The van der Waals surface area contributed by atoms with Gasteiger partial charge in [-0.1, -0.05) is 0 Å². The van der Waals surface area contributed by atoms with Crippen LogP contribution in [0.25, 0.3) is 0 Å². The smallest absolute Gasteiger partial charge is 0.246 e. The number of likely N-dealkylation sites (tertiary alicyclic amines) is 1. The third kappa shape index (κ3) is 3.58. The molecule has 1 aromatic rings. The zero-order valence-electron chi connectivity index (χ0n) is 16.4. The van der Waals surface area contributed by atoms with E-state index in [9.17, 15) is 13.2 Å². The highest BCUT2D eigenvalue weighted by molar-refractivity contribution is 7.89. The third-order valence-corrected chi connectivity index (χ3v) is 8.74. The van der Waals surface area contributed by atoms with E-state index in [0.29, 0.717) is 36.2 Å². The lowest BCUT2D eigenvalue weighted by Gasteiger charge is -2.33. The third-order valence-electron chi connectivity index (χ3n) is 6.62. The van der Waals surface area contributed by atoms with Crippen LogP contribution in [0.1, 0.15) is 37.1 Å². The number of sulfonamides is 1. The normalized spacial score (nSPS) is 30.9. The van der Waals surface area contributed by atoms with E-state index in [1.165, 1.54) is 4.31 Å². The van der Waals surface area contributed by atoms with Gasteiger partial charge < -0.3 is 10.6 Å². The van der Waals surface area contributed by atoms with Crippen molar-refractivity contribution in [1.82, 2.24) is 19.4 Å². The van der Waals surface area contributed by atoms with E-state index in [4.69, 9.17) is 5.73 Å². The molecule has 0 spiro atoms. The molecule has 0 bridgehead atoms. The highest BCUT2D eigenvalue weighted by Crippen LogP contribution is 2.38. The molecule has 2 saturated heterocycles. The predicted molar refractivity (Wildman–Crippen MR) is 108 cm³/mol. The fraction of sp³-hybridized carbons (Fsp3) is 0.778. The summed E-state index contributed by atoms with van der Waals surface area (Å²) in [4.78, 5) is 15.3. The molecule has 2 aliphatic heterocycles. The Labute approximate surface area is 172 Å². The number of carbonyl (C=O) groups is 1. The number of hydrogen-bond donors (Lipinski definition) is 2. The van der Waals surface area contributed by atoms with Gasteiger partial charge in [0, 0.05) is 32.2 Å². The van der Waals surface area contributed by atoms with Gasteiger partial charge in [0.2, 0.25) is 15.9 Å². The summed E-state index contributed by atoms with van der Waals surface area (Å²) in [5, 5.41) is 6.76. The minimum absolute atomic E-state index is 0. The zero-order chi connectivity index (χ0) is 19.3. The lowest BCUT2D eigenvalue weighted by Crippen LogP contribution is -2.46. The van der Waals surface area contributed by atoms with Crippen molar-refractivity contribution in [1.29, 1.82) is 0 Å². The summed E-state index contributed by atoms with van der Waals surface area (Å²) in [7, 11) is -3.64. The number of nitrogens with zero attached hydrogens (tertiary/aromatic N) is 3. The first-order chi connectivity index (χ1) is 12.8. The van der Waals surface area contributed by atoms with E-state index in [1.807, 2.05) is 4.90 Å². The molecule has 1 aliphatic carbocycles. The number of piperidine rings is 1. The van der Waals surface area contributed by atoms with Crippen LogP contribution in [0.4, 0.5) is 0 Å². The first-order valence-corrected chi connectivity index (χ1v) is 11.3. The van der Waals surface area contributed by atoms with Crippen LogP contribution in [0.2, 0.25) is 0 Å². The topological polar surface area (TPSA) is 112 Å². The molecule has 4 rings (SSSR count). The predicted octanol–water partition coefficient (Wildman–Crippen LogP) is 1.04. The van der Waals surface area contributed by atoms with Crippen molar-refractivity contribution >= 4 is 28.3 Å². The van der Waals surface area contributed by atoms with Crippen molar-refractivity contribution < 1.29 is 13.2 Å². The molecule has 0 radical (unpaired) electrons. The van der Waals surface area contributed by atoms with Crippen LogP contribution < -0.4 is 5.73 Å². The van der Waals surface area contributed by atoms with Gasteiger partial charge in [-0.3, -0.25) is 9.89 Å². The van der Waals surface area contributed by atoms with Gasteiger partial charge in [-0.15, -0.1) is 12.4 Å². The Hall–Kier alpha value is -1.16. The summed E-state index contributed by atoms with van der Waals surface area (Å²) < 4.78 is 27.7. The van der Waals surface area contributed by atoms with Crippen LogP contribution in [-0.2, 0) is 14.8 Å². The number of amides is 1. The van der Waals surface area contributed by atoms with E-state index in [2.05, 4.69) is 10.2 Å². The minimum atomic E-state index is -3.64. The summed E-state index contributed by atoms with van der Waals surface area (Å²) in [5.74, 6) is 0.755. The van der Waals surface area contributed by atoms with Gasteiger partial charge in [-0.05, 0) is 51.4 Å². The van der Waals surface area contributed by atoms with Crippen LogP contribution in [-0.4, -0.2) is 65.9 Å². The van der Waals surface area contributed by atoms with Crippen molar-refractivity contribution in [3.63, 3.8) is 0 Å². The monoisotopic (exact) mass is 431 g/mol. The Bertz CT molecular complexity index is 823. The van der Waals surface area contributed by atoms with Crippen LogP contribution >= 0.6 is 12.4 Å². The highest BCUT2D eigenvalue weighted by atomic mass is 35.5. The second-order valence-corrected chi connectivity index (χ2v) is 10.2. The molecule has 10 heteroatoms. The lowest BCUT2D eigenvalue weighted by molar-refractivity contribution is -0.135. The molecule has 3 N–H and O–H groups in total. The van der Waals surface area contributed by atoms with Crippen molar-refractivity contribution in [2.24, 2.45) is 23.5 Å². The van der Waals surface area contributed by atoms with E-state index in [1.54, 1.807) is 13.8 Å². The number of nitrogens with one attached hydrogen (secondary N) is 1. The summed E-state index contributed by atoms with van der Waals surface area (Å²) in [6.45, 7) is 5.62. The molecule has 3 heterocycles. The molecule has 1 saturated carbocycles. The maximum Gasteiger partial charge on any atom is 0.246 e. The highest BCUT2D eigenvalue weighted by Gasteiger charge is 2.44. The number of aromatic amines is 1. The first-order valence-electron chi connectivity index (χ1n) is 9.85. The fourth-order valence-corrected chi connectivity index (χ4v) is 7.01. The Morgan fingerprint density at radius 1 is 1.18 bits per heavy atom. The summed E-state index contributed by atoms with van der Waals surface area (Å²) in [6, 6.07) is 0.197. The lowest BCUT2D eigenvalue weighted by atomic mass is 9.98. The molecular formula is C18H30ClN5O3S. The molecule has 4 atom stereocenters. The van der Waals surface area contributed by atoms with Crippen molar-refractivity contribution in [3.05, 3.63) is 11.4 Å². The molecule has 28 heavy (non-hydrogen) atoms. The van der Waals surface area contributed by atoms with Gasteiger partial charge in [0.15, 0.2) is 0 Å². The van der Waals surface area contributed by atoms with Crippen LogP contribution in [0.15, 0.2) is 4.90 Å². The number of carbonyl (C=O) groups excluding carboxylic acids is 1. The molecule has 1 aromatic heterocycles. The van der Waals surface area contributed by atoms with E-state index in [0.717, 1.165) is 32.4 Å². The number of aryl methyl sites for hydroxylation is 2. The van der Waals surface area contributed by atoms with Crippen LogP contribution in [0, 0.1) is 31.6 Å². The molecule has 158 valence electrons. The molecule has 4 unspecified atom stereocenters. The van der Waals surface area contributed by atoms with Crippen molar-refractivity contribution in [2.75, 3.05) is 26.2 Å². The molecule has 1 amide bonds. The Morgan fingerprint density at radius 3 is 2.57 bits per heavy atom. The number of hydrogen-bond acceptors (Lipinski definition) is 5. The van der Waals surface area contributed by atoms with Gasteiger partial charge in [0.05, 0.1) is 17.3 Å². The van der Waals surface area contributed by atoms with Crippen molar-refractivity contribution in [3.8, 4) is 0 Å². The van der Waals surface area contributed by atoms with Gasteiger partial charge in [0.1, 0.15) is 4.90 Å². The number of fused-ring (bicyclic) bond motifs is 1. The number of aromatic nitrogens is 2. The number of nitrogens with two attached hydrogens (primary N) is 1. The summed E-state index contributed by atoms with van der Waals surface area (Å²) in [5.41, 5.74) is 7.21. The zero-order valence-corrected chi connectivity index (χ0v) is 18.1. The largest absolute Gasteiger partial charge is 0.342 e. The van der Waals surface area contributed by atoms with Gasteiger partial charge >= 0.3 is 0 Å². The molecular weight excluding hydrogens is 402 g/mol. The quantitative estimate of drug-likeness (QED) is 0.742. The fourth-order valence-electron chi connectivity index (χ4n) is 5.16. The molecule has 3 aliphatic rings.